The second-order valence-electron chi connectivity index (χ2n) is 7.73. The fourth-order valence-corrected chi connectivity index (χ4v) is 5.14. The van der Waals surface area contributed by atoms with Crippen molar-refractivity contribution in [2.24, 2.45) is 0 Å². The average Bonchev–Trinajstić information content (AvgIpc) is 2.47. The van der Waals surface area contributed by atoms with Crippen molar-refractivity contribution >= 4 is 7.26 Å². The van der Waals surface area contributed by atoms with E-state index in [9.17, 15) is 0 Å². The van der Waals surface area contributed by atoms with E-state index >= 15 is 0 Å². The maximum atomic E-state index is 3.89. The van der Waals surface area contributed by atoms with E-state index in [0.29, 0.717) is 0 Å². The van der Waals surface area contributed by atoms with Crippen molar-refractivity contribution in [1.82, 2.24) is 0 Å². The summed E-state index contributed by atoms with van der Waals surface area (Å²) in [6.07, 6.45) is 25.3. The van der Waals surface area contributed by atoms with Crippen molar-refractivity contribution in [3.8, 4) is 0 Å². The van der Waals surface area contributed by atoms with E-state index in [0.717, 1.165) is 0 Å². The lowest BCUT2D eigenvalue weighted by molar-refractivity contribution is 0.538. The van der Waals surface area contributed by atoms with Gasteiger partial charge in [0.2, 0.25) is 0 Å². The minimum Gasteiger partial charge on any atom is -0.0995 e. The van der Waals surface area contributed by atoms with Gasteiger partial charge in [0.1, 0.15) is 0 Å². The zero-order chi connectivity index (χ0) is 16.5. The summed E-state index contributed by atoms with van der Waals surface area (Å²) >= 11 is 0. The SMILES string of the molecule is C=CC[P+](C)(C)CCCCCCCCCCCCCCCC. The summed E-state index contributed by atoms with van der Waals surface area (Å²) in [5.41, 5.74) is 0. The van der Waals surface area contributed by atoms with Gasteiger partial charge >= 0.3 is 0 Å². The Bertz CT molecular complexity index is 232. The molecule has 22 heavy (non-hydrogen) atoms. The molecule has 0 bridgehead atoms. The smallest absolute Gasteiger partial charge is 0.0765 e. The van der Waals surface area contributed by atoms with Crippen LogP contribution in [0.3, 0.4) is 0 Å². The Hall–Kier alpha value is 0.170. The molecule has 0 aliphatic carbocycles. The third-order valence-electron chi connectivity index (χ3n) is 4.74. The van der Waals surface area contributed by atoms with Gasteiger partial charge in [-0.05, 0) is 12.8 Å². The molecule has 0 saturated heterocycles. The van der Waals surface area contributed by atoms with Gasteiger partial charge in [0.05, 0.1) is 12.3 Å². The highest BCUT2D eigenvalue weighted by Gasteiger charge is 2.21. The average molecular weight is 328 g/mol. The number of hydrogen-bond acceptors (Lipinski definition) is 0. The second kappa shape index (κ2) is 16.0. The summed E-state index contributed by atoms with van der Waals surface area (Å²) in [4.78, 5) is 0. The Morgan fingerprint density at radius 3 is 1.36 bits per heavy atom. The highest BCUT2D eigenvalue weighted by molar-refractivity contribution is 7.74. The standard InChI is InChI=1S/C21H44P/c1-5-7-8-9-10-11-12-13-14-15-16-17-18-19-21-22(3,4)20-6-2/h6H,2,5,7-21H2,1,3-4H3/q+1. The van der Waals surface area contributed by atoms with Crippen LogP contribution in [0.4, 0.5) is 0 Å². The van der Waals surface area contributed by atoms with E-state index in [-0.39, 0.29) is 0 Å². The molecule has 0 N–H and O–H groups in total. The Morgan fingerprint density at radius 2 is 1.00 bits per heavy atom. The summed E-state index contributed by atoms with van der Waals surface area (Å²) < 4.78 is 0. The highest BCUT2D eigenvalue weighted by atomic mass is 31.2. The lowest BCUT2D eigenvalue weighted by Gasteiger charge is -2.15. The van der Waals surface area contributed by atoms with Gasteiger partial charge in [-0.15, -0.1) is 0 Å². The van der Waals surface area contributed by atoms with Gasteiger partial charge in [0.25, 0.3) is 0 Å². The summed E-state index contributed by atoms with van der Waals surface area (Å²) in [6.45, 7) is 11.2. The molecule has 0 nitrogen and oxygen atoms in total. The molecular formula is C21H44P+. The number of allylic oxidation sites excluding steroid dienone is 1. The zero-order valence-electron chi connectivity index (χ0n) is 16.0. The van der Waals surface area contributed by atoms with Crippen LogP contribution in [0, 0.1) is 0 Å². The van der Waals surface area contributed by atoms with Crippen molar-refractivity contribution < 1.29 is 0 Å². The zero-order valence-corrected chi connectivity index (χ0v) is 16.9. The molecule has 0 heterocycles. The Labute approximate surface area is 142 Å². The maximum Gasteiger partial charge on any atom is 0.0765 e. The molecular weight excluding hydrogens is 283 g/mol. The highest BCUT2D eigenvalue weighted by Crippen LogP contribution is 2.51. The summed E-state index contributed by atoms with van der Waals surface area (Å²) in [7, 11) is -0.645. The quantitative estimate of drug-likeness (QED) is 0.144. The summed E-state index contributed by atoms with van der Waals surface area (Å²) in [5.74, 6) is 0. The van der Waals surface area contributed by atoms with E-state index in [1.165, 1.54) is 102 Å². The normalized spacial score (nSPS) is 11.8. The first-order chi connectivity index (χ1) is 10.6. The molecule has 0 aromatic heterocycles. The minimum absolute atomic E-state index is 0.645. The van der Waals surface area contributed by atoms with Crippen LogP contribution in [0.5, 0.6) is 0 Å². The van der Waals surface area contributed by atoms with Crippen molar-refractivity contribution in [3.63, 3.8) is 0 Å². The first-order valence-corrected chi connectivity index (χ1v) is 13.1. The number of hydrogen-bond donors (Lipinski definition) is 0. The van der Waals surface area contributed by atoms with Crippen LogP contribution in [0.25, 0.3) is 0 Å². The summed E-state index contributed by atoms with van der Waals surface area (Å²) in [5, 5.41) is 0. The van der Waals surface area contributed by atoms with Gasteiger partial charge in [-0.25, -0.2) is 0 Å². The molecule has 0 aliphatic rings. The lowest BCUT2D eigenvalue weighted by Crippen LogP contribution is -1.98. The number of unbranched alkanes of at least 4 members (excludes halogenated alkanes) is 13. The van der Waals surface area contributed by atoms with Gasteiger partial charge in [-0.2, -0.15) is 0 Å². The molecule has 1 heteroatoms. The van der Waals surface area contributed by atoms with Gasteiger partial charge < -0.3 is 0 Å². The molecule has 0 fully saturated rings. The molecule has 0 saturated carbocycles. The molecule has 0 spiro atoms. The molecule has 0 aromatic carbocycles. The lowest BCUT2D eigenvalue weighted by atomic mass is 10.0. The molecule has 0 aromatic rings. The molecule has 0 aliphatic heterocycles. The Kier molecular flexibility index (Phi) is 16.2. The molecule has 0 radical (unpaired) electrons. The van der Waals surface area contributed by atoms with Crippen molar-refractivity contribution in [3.05, 3.63) is 12.7 Å². The van der Waals surface area contributed by atoms with Crippen molar-refractivity contribution in [2.75, 3.05) is 25.7 Å². The second-order valence-corrected chi connectivity index (χ2v) is 12.4. The van der Waals surface area contributed by atoms with E-state index in [1.807, 2.05) is 0 Å². The van der Waals surface area contributed by atoms with Gasteiger partial charge in [0, 0.05) is 20.6 Å². The van der Waals surface area contributed by atoms with E-state index in [2.05, 4.69) is 32.9 Å². The van der Waals surface area contributed by atoms with Crippen molar-refractivity contribution in [2.45, 2.75) is 96.8 Å². The van der Waals surface area contributed by atoms with Gasteiger partial charge in [-0.3, -0.25) is 0 Å². The fourth-order valence-electron chi connectivity index (χ4n) is 3.18. The monoisotopic (exact) mass is 327 g/mol. The fraction of sp³-hybridized carbons (Fsp3) is 0.905. The Balaban J connectivity index is 3.13. The first kappa shape index (κ1) is 22.2. The summed E-state index contributed by atoms with van der Waals surface area (Å²) in [6, 6.07) is 0. The van der Waals surface area contributed by atoms with Crippen LogP contribution in [-0.4, -0.2) is 25.7 Å². The Morgan fingerprint density at radius 1 is 0.636 bits per heavy atom. The first-order valence-electron chi connectivity index (χ1n) is 10.1. The topological polar surface area (TPSA) is 0 Å². The molecule has 0 amide bonds. The van der Waals surface area contributed by atoms with Crippen LogP contribution < -0.4 is 0 Å². The third kappa shape index (κ3) is 16.5. The van der Waals surface area contributed by atoms with E-state index in [1.54, 1.807) is 0 Å². The van der Waals surface area contributed by atoms with Gasteiger partial charge in [-0.1, -0.05) is 96.6 Å². The van der Waals surface area contributed by atoms with Crippen LogP contribution in [0.2, 0.25) is 0 Å². The predicted molar refractivity (Wildman–Crippen MR) is 109 cm³/mol. The molecule has 0 unspecified atom stereocenters. The van der Waals surface area contributed by atoms with E-state index in [4.69, 9.17) is 0 Å². The molecule has 0 atom stereocenters. The van der Waals surface area contributed by atoms with Crippen molar-refractivity contribution in [1.29, 1.82) is 0 Å². The minimum atomic E-state index is -0.645. The van der Waals surface area contributed by atoms with E-state index < -0.39 is 7.26 Å². The maximum absolute atomic E-state index is 3.89. The third-order valence-corrected chi connectivity index (χ3v) is 7.51. The van der Waals surface area contributed by atoms with Crippen LogP contribution >= 0.6 is 7.26 Å². The largest absolute Gasteiger partial charge is 0.0995 e. The van der Waals surface area contributed by atoms with Crippen LogP contribution in [0.15, 0.2) is 12.7 Å². The predicted octanol–water partition coefficient (Wildman–Crippen LogP) is 7.93. The van der Waals surface area contributed by atoms with Crippen LogP contribution in [-0.2, 0) is 0 Å². The van der Waals surface area contributed by atoms with Gasteiger partial charge in [0.15, 0.2) is 0 Å². The molecule has 132 valence electrons. The molecule has 0 rings (SSSR count). The number of rotatable bonds is 17. The van der Waals surface area contributed by atoms with Crippen LogP contribution in [0.1, 0.15) is 96.8 Å².